The molecule has 1 aromatic rings. The number of rotatable bonds is 5. The highest BCUT2D eigenvalue weighted by atomic mass is 16.5. The van der Waals surface area contributed by atoms with E-state index in [-0.39, 0.29) is 0 Å². The number of nitrogens with zero attached hydrogens (tertiary/aromatic N) is 1. The molecule has 2 fully saturated rings. The molecule has 0 aromatic heterocycles. The summed E-state index contributed by atoms with van der Waals surface area (Å²) in [5.41, 5.74) is 2.66. The van der Waals surface area contributed by atoms with Gasteiger partial charge in [0.1, 0.15) is 0 Å². The third-order valence-corrected chi connectivity index (χ3v) is 4.92. The van der Waals surface area contributed by atoms with Gasteiger partial charge in [0.2, 0.25) is 0 Å². The predicted octanol–water partition coefficient (Wildman–Crippen LogP) is 3.65. The summed E-state index contributed by atoms with van der Waals surface area (Å²) in [4.78, 5) is 2.55. The van der Waals surface area contributed by atoms with E-state index in [1.54, 1.807) is 0 Å². The zero-order valence-corrected chi connectivity index (χ0v) is 13.2. The first-order valence-electron chi connectivity index (χ1n) is 8.46. The van der Waals surface area contributed by atoms with Crippen LogP contribution in [0.2, 0.25) is 0 Å². The van der Waals surface area contributed by atoms with Gasteiger partial charge in [-0.25, -0.2) is 0 Å². The maximum absolute atomic E-state index is 5.62. The molecule has 3 heteroatoms. The minimum Gasteiger partial charge on any atom is -0.380 e. The lowest BCUT2D eigenvalue weighted by atomic mass is 9.92. The molecule has 3 nitrogen and oxygen atoms in total. The normalized spacial score (nSPS) is 26.9. The van der Waals surface area contributed by atoms with Gasteiger partial charge >= 0.3 is 0 Å². The van der Waals surface area contributed by atoms with E-state index >= 15 is 0 Å². The Morgan fingerprint density at radius 3 is 2.48 bits per heavy atom. The van der Waals surface area contributed by atoms with Crippen molar-refractivity contribution in [3.05, 3.63) is 29.8 Å². The van der Waals surface area contributed by atoms with Gasteiger partial charge in [0.05, 0.1) is 12.1 Å². The van der Waals surface area contributed by atoms with Crippen LogP contribution in [0.1, 0.15) is 44.1 Å². The van der Waals surface area contributed by atoms with Crippen LogP contribution < -0.4 is 5.32 Å². The second-order valence-corrected chi connectivity index (χ2v) is 6.49. The SMILES string of the molecule is COC1CCCCC1Nc1ccc(CN2CCCC2)cc1. The van der Waals surface area contributed by atoms with Gasteiger partial charge in [-0.2, -0.15) is 0 Å². The van der Waals surface area contributed by atoms with Gasteiger partial charge in [-0.1, -0.05) is 25.0 Å². The number of hydrogen-bond acceptors (Lipinski definition) is 3. The number of hydrogen-bond donors (Lipinski definition) is 1. The molecule has 1 aliphatic heterocycles. The van der Waals surface area contributed by atoms with Gasteiger partial charge in [-0.15, -0.1) is 0 Å². The standard InChI is InChI=1S/C18H28N2O/c1-21-18-7-3-2-6-17(18)19-16-10-8-15(9-11-16)14-20-12-4-5-13-20/h8-11,17-19H,2-7,12-14H2,1H3. The van der Waals surface area contributed by atoms with Crippen molar-refractivity contribution in [1.29, 1.82) is 0 Å². The summed E-state index contributed by atoms with van der Waals surface area (Å²) in [7, 11) is 1.84. The molecule has 1 saturated heterocycles. The molecule has 1 aliphatic carbocycles. The Hall–Kier alpha value is -1.06. The van der Waals surface area contributed by atoms with Crippen LogP contribution >= 0.6 is 0 Å². The fourth-order valence-corrected chi connectivity index (χ4v) is 3.66. The summed E-state index contributed by atoms with van der Waals surface area (Å²) < 4.78 is 5.62. The molecule has 2 unspecified atom stereocenters. The van der Waals surface area contributed by atoms with Crippen LogP contribution in [0.15, 0.2) is 24.3 Å². The Morgan fingerprint density at radius 2 is 1.76 bits per heavy atom. The Balaban J connectivity index is 1.55. The third-order valence-electron chi connectivity index (χ3n) is 4.92. The van der Waals surface area contributed by atoms with Gasteiger partial charge < -0.3 is 10.1 Å². The Kier molecular flexibility index (Phi) is 5.15. The second-order valence-electron chi connectivity index (χ2n) is 6.49. The fraction of sp³-hybridized carbons (Fsp3) is 0.667. The van der Waals surface area contributed by atoms with Crippen molar-refractivity contribution in [3.8, 4) is 0 Å². The molecular formula is C18H28N2O. The van der Waals surface area contributed by atoms with Crippen molar-refractivity contribution in [2.45, 2.75) is 57.2 Å². The lowest BCUT2D eigenvalue weighted by Crippen LogP contribution is -2.37. The molecule has 0 spiro atoms. The summed E-state index contributed by atoms with van der Waals surface area (Å²) in [5, 5.41) is 3.66. The van der Waals surface area contributed by atoms with Crippen LogP contribution in [-0.4, -0.2) is 37.2 Å². The van der Waals surface area contributed by atoms with Gasteiger partial charge in [0.25, 0.3) is 0 Å². The number of ether oxygens (including phenoxy) is 1. The summed E-state index contributed by atoms with van der Waals surface area (Å²) in [5.74, 6) is 0. The van der Waals surface area contributed by atoms with E-state index in [1.165, 1.54) is 62.9 Å². The van der Waals surface area contributed by atoms with Crippen molar-refractivity contribution in [2.24, 2.45) is 0 Å². The molecule has 2 aliphatic rings. The molecule has 0 amide bonds. The maximum Gasteiger partial charge on any atom is 0.0772 e. The topological polar surface area (TPSA) is 24.5 Å². The zero-order chi connectivity index (χ0) is 14.5. The molecule has 2 atom stereocenters. The van der Waals surface area contributed by atoms with Crippen molar-refractivity contribution in [3.63, 3.8) is 0 Å². The molecule has 3 rings (SSSR count). The van der Waals surface area contributed by atoms with Crippen LogP contribution in [0.3, 0.4) is 0 Å². The van der Waals surface area contributed by atoms with E-state index in [4.69, 9.17) is 4.74 Å². The maximum atomic E-state index is 5.62. The fourth-order valence-electron chi connectivity index (χ4n) is 3.66. The number of likely N-dealkylation sites (tertiary alicyclic amines) is 1. The van der Waals surface area contributed by atoms with Gasteiger partial charge in [-0.05, 0) is 56.5 Å². The summed E-state index contributed by atoms with van der Waals surface area (Å²) in [6.45, 7) is 3.62. The monoisotopic (exact) mass is 288 g/mol. The lowest BCUT2D eigenvalue weighted by Gasteiger charge is -2.31. The van der Waals surface area contributed by atoms with Crippen molar-refractivity contribution in [1.82, 2.24) is 4.90 Å². The molecule has 1 aromatic carbocycles. The Morgan fingerprint density at radius 1 is 1.05 bits per heavy atom. The quantitative estimate of drug-likeness (QED) is 0.895. The first kappa shape index (κ1) is 14.9. The molecule has 0 radical (unpaired) electrons. The van der Waals surface area contributed by atoms with Crippen LogP contribution in [0.25, 0.3) is 0 Å². The molecule has 21 heavy (non-hydrogen) atoms. The molecule has 116 valence electrons. The molecule has 0 bridgehead atoms. The van der Waals surface area contributed by atoms with E-state index in [0.29, 0.717) is 12.1 Å². The highest BCUT2D eigenvalue weighted by Crippen LogP contribution is 2.24. The Bertz CT molecular complexity index is 425. The molecule has 1 N–H and O–H groups in total. The lowest BCUT2D eigenvalue weighted by molar-refractivity contribution is 0.0606. The highest BCUT2D eigenvalue weighted by Gasteiger charge is 2.24. The molecular weight excluding hydrogens is 260 g/mol. The van der Waals surface area contributed by atoms with E-state index in [2.05, 4.69) is 34.5 Å². The van der Waals surface area contributed by atoms with Crippen LogP contribution in [-0.2, 0) is 11.3 Å². The van der Waals surface area contributed by atoms with E-state index in [0.717, 1.165) is 6.54 Å². The van der Waals surface area contributed by atoms with E-state index < -0.39 is 0 Å². The summed E-state index contributed by atoms with van der Waals surface area (Å²) >= 11 is 0. The minimum absolute atomic E-state index is 0.364. The first-order valence-corrected chi connectivity index (χ1v) is 8.46. The number of anilines is 1. The summed E-state index contributed by atoms with van der Waals surface area (Å²) in [6, 6.07) is 9.46. The van der Waals surface area contributed by atoms with Crippen LogP contribution in [0, 0.1) is 0 Å². The van der Waals surface area contributed by atoms with Crippen LogP contribution in [0.4, 0.5) is 5.69 Å². The smallest absolute Gasteiger partial charge is 0.0772 e. The number of benzene rings is 1. The van der Waals surface area contributed by atoms with Crippen molar-refractivity contribution >= 4 is 5.69 Å². The van der Waals surface area contributed by atoms with Gasteiger partial charge in [0, 0.05) is 19.3 Å². The van der Waals surface area contributed by atoms with E-state index in [9.17, 15) is 0 Å². The number of methoxy groups -OCH3 is 1. The van der Waals surface area contributed by atoms with Gasteiger partial charge in [0.15, 0.2) is 0 Å². The molecule has 1 heterocycles. The largest absolute Gasteiger partial charge is 0.380 e. The second kappa shape index (κ2) is 7.28. The first-order chi connectivity index (χ1) is 10.3. The highest BCUT2D eigenvalue weighted by molar-refractivity contribution is 5.45. The summed E-state index contributed by atoms with van der Waals surface area (Å²) in [6.07, 6.45) is 8.09. The molecule has 1 saturated carbocycles. The third kappa shape index (κ3) is 3.98. The average molecular weight is 288 g/mol. The van der Waals surface area contributed by atoms with Crippen LogP contribution in [0.5, 0.6) is 0 Å². The predicted molar refractivity (Wildman–Crippen MR) is 87.6 cm³/mol. The average Bonchev–Trinajstić information content (AvgIpc) is 3.03. The Labute approximate surface area is 128 Å². The number of nitrogens with one attached hydrogen (secondary N) is 1. The van der Waals surface area contributed by atoms with Crippen molar-refractivity contribution in [2.75, 3.05) is 25.5 Å². The van der Waals surface area contributed by atoms with Crippen molar-refractivity contribution < 1.29 is 4.74 Å². The van der Waals surface area contributed by atoms with E-state index in [1.807, 2.05) is 7.11 Å². The van der Waals surface area contributed by atoms with Gasteiger partial charge in [-0.3, -0.25) is 4.90 Å². The minimum atomic E-state index is 0.364. The zero-order valence-electron chi connectivity index (χ0n) is 13.2.